The van der Waals surface area contributed by atoms with E-state index in [0.717, 1.165) is 82.2 Å². The minimum atomic E-state index is 0.0235. The van der Waals surface area contributed by atoms with Crippen LogP contribution in [0.3, 0.4) is 0 Å². The third-order valence-electron chi connectivity index (χ3n) is 7.58. The number of carbonyl (C=O) groups excluding carboxylic acids is 1. The number of nitrogens with zero attached hydrogens (tertiary/aromatic N) is 4. The molecule has 5 rings (SSSR count). The Morgan fingerprint density at radius 2 is 1.97 bits per heavy atom. The molecule has 9 heteroatoms. The molecule has 34 heavy (non-hydrogen) atoms. The minimum absolute atomic E-state index is 0.0235. The molecule has 7 nitrogen and oxygen atoms in total. The Balaban J connectivity index is 1.15. The summed E-state index contributed by atoms with van der Waals surface area (Å²) in [7, 11) is 0. The van der Waals surface area contributed by atoms with Gasteiger partial charge in [0.15, 0.2) is 0 Å². The summed E-state index contributed by atoms with van der Waals surface area (Å²) in [5.41, 5.74) is 1.21. The van der Waals surface area contributed by atoms with Crippen LogP contribution in [0.4, 0.5) is 11.8 Å². The van der Waals surface area contributed by atoms with Crippen LogP contribution < -0.4 is 15.5 Å². The lowest BCUT2D eigenvalue weighted by Crippen LogP contribution is -2.49. The molecule has 1 spiro atoms. The molecule has 3 fully saturated rings. The standard InChI is InChI=1S/C25H32Cl2N6O/c26-19-5-4-18(20(27)15-19)16-30-22-6-11-29-24(31-22)32-12-7-25(8-13-32)9-14-33(17-25)23(34)21-3-1-2-10-28-21/h4-6,11,15,21,28H,1-3,7-10,12-14,16-17H2,(H,29,30,31)/t21-/m0/s1. The molecule has 0 aliphatic carbocycles. The van der Waals surface area contributed by atoms with Gasteiger partial charge >= 0.3 is 0 Å². The van der Waals surface area contributed by atoms with Gasteiger partial charge < -0.3 is 20.4 Å². The largest absolute Gasteiger partial charge is 0.366 e. The van der Waals surface area contributed by atoms with E-state index in [-0.39, 0.29) is 11.5 Å². The molecule has 2 N–H and O–H groups in total. The molecule has 0 unspecified atom stereocenters. The number of rotatable bonds is 5. The molecule has 182 valence electrons. The van der Waals surface area contributed by atoms with Crippen molar-refractivity contribution in [1.82, 2.24) is 20.2 Å². The number of amides is 1. The third-order valence-corrected chi connectivity index (χ3v) is 8.17. The van der Waals surface area contributed by atoms with Crippen molar-refractivity contribution < 1.29 is 4.79 Å². The molecule has 3 saturated heterocycles. The van der Waals surface area contributed by atoms with E-state index in [9.17, 15) is 4.79 Å². The Labute approximate surface area is 211 Å². The van der Waals surface area contributed by atoms with Gasteiger partial charge in [0.1, 0.15) is 5.82 Å². The molecule has 0 saturated carbocycles. The zero-order valence-electron chi connectivity index (χ0n) is 19.4. The van der Waals surface area contributed by atoms with Crippen LogP contribution in [0.2, 0.25) is 10.0 Å². The van der Waals surface area contributed by atoms with Gasteiger partial charge in [0, 0.05) is 49.0 Å². The first kappa shape index (κ1) is 23.6. The summed E-state index contributed by atoms with van der Waals surface area (Å²) in [6.45, 7) is 5.13. The summed E-state index contributed by atoms with van der Waals surface area (Å²) in [6, 6.07) is 7.40. The van der Waals surface area contributed by atoms with E-state index >= 15 is 0 Å². The molecule has 1 atom stereocenters. The summed E-state index contributed by atoms with van der Waals surface area (Å²) >= 11 is 12.3. The maximum atomic E-state index is 13.0. The minimum Gasteiger partial charge on any atom is -0.366 e. The van der Waals surface area contributed by atoms with Crippen LogP contribution in [0.1, 0.15) is 44.1 Å². The molecule has 1 aromatic heterocycles. The Morgan fingerprint density at radius 3 is 2.74 bits per heavy atom. The van der Waals surface area contributed by atoms with Crippen molar-refractivity contribution >= 4 is 40.9 Å². The highest BCUT2D eigenvalue weighted by atomic mass is 35.5. The Bertz CT molecular complexity index is 1020. The molecule has 2 aromatic rings. The zero-order chi connectivity index (χ0) is 23.5. The van der Waals surface area contributed by atoms with E-state index in [2.05, 4.69) is 25.4 Å². The maximum absolute atomic E-state index is 13.0. The van der Waals surface area contributed by atoms with Crippen molar-refractivity contribution in [3.63, 3.8) is 0 Å². The smallest absolute Gasteiger partial charge is 0.239 e. The highest BCUT2D eigenvalue weighted by Crippen LogP contribution is 2.41. The van der Waals surface area contributed by atoms with Crippen LogP contribution in [0.5, 0.6) is 0 Å². The van der Waals surface area contributed by atoms with Crippen molar-refractivity contribution in [2.24, 2.45) is 5.41 Å². The van der Waals surface area contributed by atoms with Crippen LogP contribution in [-0.4, -0.2) is 59.5 Å². The second kappa shape index (κ2) is 10.3. The first-order valence-electron chi connectivity index (χ1n) is 12.3. The van der Waals surface area contributed by atoms with E-state index < -0.39 is 0 Å². The molecular weight excluding hydrogens is 471 g/mol. The van der Waals surface area contributed by atoms with Gasteiger partial charge in [-0.15, -0.1) is 0 Å². The number of hydrogen-bond donors (Lipinski definition) is 2. The molecule has 3 aliphatic rings. The number of aromatic nitrogens is 2. The third kappa shape index (κ3) is 5.26. The lowest BCUT2D eigenvalue weighted by Gasteiger charge is -2.39. The summed E-state index contributed by atoms with van der Waals surface area (Å²) in [4.78, 5) is 26.6. The second-order valence-electron chi connectivity index (χ2n) is 9.83. The Kier molecular flexibility index (Phi) is 7.14. The first-order chi connectivity index (χ1) is 16.5. The average Bonchev–Trinajstić information content (AvgIpc) is 3.27. The Hall–Kier alpha value is -2.09. The fourth-order valence-corrected chi connectivity index (χ4v) is 5.92. The molecule has 0 bridgehead atoms. The van der Waals surface area contributed by atoms with Crippen LogP contribution in [-0.2, 0) is 11.3 Å². The summed E-state index contributed by atoms with van der Waals surface area (Å²) in [5, 5.41) is 8.02. The second-order valence-corrected chi connectivity index (χ2v) is 10.7. The van der Waals surface area contributed by atoms with Crippen molar-refractivity contribution in [2.75, 3.05) is 42.9 Å². The number of benzene rings is 1. The van der Waals surface area contributed by atoms with Gasteiger partial charge in [-0.2, -0.15) is 4.98 Å². The quantitative estimate of drug-likeness (QED) is 0.632. The molecule has 3 aliphatic heterocycles. The number of hydrogen-bond acceptors (Lipinski definition) is 6. The first-order valence-corrected chi connectivity index (χ1v) is 13.0. The van der Waals surface area contributed by atoms with Gasteiger partial charge in [-0.3, -0.25) is 4.79 Å². The lowest BCUT2D eigenvalue weighted by atomic mass is 9.78. The topological polar surface area (TPSA) is 73.4 Å². The summed E-state index contributed by atoms with van der Waals surface area (Å²) < 4.78 is 0. The highest BCUT2D eigenvalue weighted by molar-refractivity contribution is 6.35. The predicted molar refractivity (Wildman–Crippen MR) is 137 cm³/mol. The number of piperidine rings is 2. The van der Waals surface area contributed by atoms with Gasteiger partial charge in [0.05, 0.1) is 6.04 Å². The van der Waals surface area contributed by atoms with Crippen molar-refractivity contribution in [3.8, 4) is 0 Å². The fourth-order valence-electron chi connectivity index (χ4n) is 5.45. The molecule has 4 heterocycles. The Morgan fingerprint density at radius 1 is 1.15 bits per heavy atom. The van der Waals surface area contributed by atoms with Crippen LogP contribution in [0.25, 0.3) is 0 Å². The number of anilines is 2. The van der Waals surface area contributed by atoms with E-state index in [1.807, 2.05) is 18.2 Å². The SMILES string of the molecule is O=C([C@@H]1CCCCN1)N1CCC2(CCN(c3nccc(NCc4ccc(Cl)cc4Cl)n3)CC2)C1. The molecule has 1 aromatic carbocycles. The molecular formula is C25H32Cl2N6O. The van der Waals surface area contributed by atoms with Crippen LogP contribution in [0, 0.1) is 5.41 Å². The van der Waals surface area contributed by atoms with Crippen molar-refractivity contribution in [3.05, 3.63) is 46.1 Å². The van der Waals surface area contributed by atoms with Gasteiger partial charge in [0.25, 0.3) is 0 Å². The fraction of sp³-hybridized carbons (Fsp3) is 0.560. The number of carbonyl (C=O) groups is 1. The predicted octanol–water partition coefficient (Wildman–Crippen LogP) is 4.36. The monoisotopic (exact) mass is 502 g/mol. The maximum Gasteiger partial charge on any atom is 0.239 e. The highest BCUT2D eigenvalue weighted by Gasteiger charge is 2.43. The van der Waals surface area contributed by atoms with E-state index in [0.29, 0.717) is 22.5 Å². The van der Waals surface area contributed by atoms with E-state index in [1.165, 1.54) is 6.42 Å². The lowest BCUT2D eigenvalue weighted by molar-refractivity contribution is -0.133. The zero-order valence-corrected chi connectivity index (χ0v) is 20.9. The number of halogens is 2. The van der Waals surface area contributed by atoms with Gasteiger partial charge in [0.2, 0.25) is 11.9 Å². The van der Waals surface area contributed by atoms with E-state index in [1.54, 1.807) is 12.3 Å². The normalized spacial score (nSPS) is 22.2. The molecule has 1 amide bonds. The van der Waals surface area contributed by atoms with Crippen LogP contribution >= 0.6 is 23.2 Å². The van der Waals surface area contributed by atoms with Crippen LogP contribution in [0.15, 0.2) is 30.5 Å². The number of likely N-dealkylation sites (tertiary alicyclic amines) is 1. The summed E-state index contributed by atoms with van der Waals surface area (Å²) in [5.74, 6) is 1.83. The number of nitrogens with one attached hydrogen (secondary N) is 2. The van der Waals surface area contributed by atoms with E-state index in [4.69, 9.17) is 28.2 Å². The van der Waals surface area contributed by atoms with Crippen molar-refractivity contribution in [1.29, 1.82) is 0 Å². The van der Waals surface area contributed by atoms with Gasteiger partial charge in [-0.1, -0.05) is 35.7 Å². The van der Waals surface area contributed by atoms with Crippen molar-refractivity contribution in [2.45, 2.75) is 51.1 Å². The van der Waals surface area contributed by atoms with Gasteiger partial charge in [-0.05, 0) is 67.8 Å². The average molecular weight is 503 g/mol. The summed E-state index contributed by atoms with van der Waals surface area (Å²) in [6.07, 6.45) is 8.33. The molecule has 0 radical (unpaired) electrons. The van der Waals surface area contributed by atoms with Gasteiger partial charge in [-0.25, -0.2) is 4.98 Å².